The van der Waals surface area contributed by atoms with Crippen LogP contribution in [0.2, 0.25) is 0 Å². The fourth-order valence-corrected chi connectivity index (χ4v) is 8.65. The summed E-state index contributed by atoms with van der Waals surface area (Å²) in [6.07, 6.45) is 21.6. The lowest BCUT2D eigenvalue weighted by atomic mass is 9.85. The van der Waals surface area contributed by atoms with E-state index in [9.17, 15) is 0 Å². The van der Waals surface area contributed by atoms with Crippen LogP contribution in [0.3, 0.4) is 0 Å². The molecule has 266 valence electrons. The molecule has 0 bridgehead atoms. The smallest absolute Gasteiger partial charge is 0.0440 e. The average molecular weight is 673 g/mol. The number of hydrogen-bond donors (Lipinski definition) is 2. The van der Waals surface area contributed by atoms with Crippen LogP contribution in [0.15, 0.2) is 67.5 Å². The Balaban J connectivity index is 5.63. The SMILES string of the molecule is C=C/C(NCCCC(CC)CCCC)=C(/C)S/C(=C\C)C(C)C(CC)/C(C)=C(\C)S/C(CC)=C(\N)C(=C)CCC(CC)CCCC. The molecule has 0 aliphatic heterocycles. The normalized spacial score (nSPS) is 16.5. The summed E-state index contributed by atoms with van der Waals surface area (Å²) in [5, 5.41) is 3.71. The molecule has 0 fully saturated rings. The van der Waals surface area contributed by atoms with Crippen LogP contribution in [0.4, 0.5) is 0 Å². The summed E-state index contributed by atoms with van der Waals surface area (Å²) in [6.45, 7) is 34.9. The van der Waals surface area contributed by atoms with Crippen molar-refractivity contribution in [2.45, 2.75) is 166 Å². The zero-order valence-corrected chi connectivity index (χ0v) is 34.0. The summed E-state index contributed by atoms with van der Waals surface area (Å²) < 4.78 is 0. The number of unbranched alkanes of at least 4 members (excludes halogenated alkanes) is 2. The maximum atomic E-state index is 6.77. The standard InChI is InChI=1S/C42H76N2S2/c1-14-22-25-36(16-3)27-24-30-44-39(19-6)35(13)46-40(20-7)33(11)38(18-5)32(10)34(12)45-41(21-8)42(43)31(9)28-29-37(17-4)26-23-15-2/h19-20,33,36-38,44H,6,9,14-18,21-30,43H2,1-5,7-8,10-13H3/b34-32+,39-35+,40-20-,42-41-. The summed E-state index contributed by atoms with van der Waals surface area (Å²) in [6, 6.07) is 0. The van der Waals surface area contributed by atoms with Crippen molar-refractivity contribution in [3.05, 3.63) is 67.5 Å². The van der Waals surface area contributed by atoms with Gasteiger partial charge in [-0.2, -0.15) is 0 Å². The number of hydrogen-bond acceptors (Lipinski definition) is 4. The molecule has 0 rings (SSSR count). The molecule has 0 spiro atoms. The molecule has 0 aliphatic carbocycles. The molecule has 2 nitrogen and oxygen atoms in total. The van der Waals surface area contributed by atoms with E-state index in [0.29, 0.717) is 11.8 Å². The maximum absolute atomic E-state index is 6.77. The van der Waals surface area contributed by atoms with Crippen molar-refractivity contribution in [2.24, 2.45) is 29.4 Å². The fraction of sp³-hybridized carbons (Fsp3) is 0.714. The van der Waals surface area contributed by atoms with Gasteiger partial charge in [-0.3, -0.25) is 0 Å². The van der Waals surface area contributed by atoms with E-state index in [1.54, 1.807) is 0 Å². The topological polar surface area (TPSA) is 38.0 Å². The number of thioether (sulfide) groups is 2. The average Bonchev–Trinajstić information content (AvgIpc) is 3.06. The first kappa shape index (κ1) is 44.7. The molecule has 3 N–H and O–H groups in total. The molecule has 0 aromatic rings. The minimum atomic E-state index is 0.427. The Hall–Kier alpha value is -1.26. The molecule has 0 saturated carbocycles. The van der Waals surface area contributed by atoms with Crippen molar-refractivity contribution in [3.8, 4) is 0 Å². The van der Waals surface area contributed by atoms with Gasteiger partial charge in [0, 0.05) is 27.7 Å². The lowest BCUT2D eigenvalue weighted by Gasteiger charge is -2.28. The number of allylic oxidation sites excluding steroid dienone is 8. The van der Waals surface area contributed by atoms with Gasteiger partial charge in [0.25, 0.3) is 0 Å². The van der Waals surface area contributed by atoms with Crippen molar-refractivity contribution in [1.82, 2.24) is 5.32 Å². The third-order valence-electron chi connectivity index (χ3n) is 10.1. The summed E-state index contributed by atoms with van der Waals surface area (Å²) in [5.74, 6) is 2.54. The first-order chi connectivity index (χ1) is 22.0. The molecular formula is C42H76N2S2. The summed E-state index contributed by atoms with van der Waals surface area (Å²) in [5.41, 5.74) is 11.5. The number of nitrogens with two attached hydrogens (primary N) is 1. The quantitative estimate of drug-likeness (QED) is 0.0673. The largest absolute Gasteiger partial charge is 0.398 e. The van der Waals surface area contributed by atoms with Gasteiger partial charge in [0.05, 0.1) is 0 Å². The van der Waals surface area contributed by atoms with Crippen LogP contribution in [0.1, 0.15) is 166 Å². The van der Waals surface area contributed by atoms with Gasteiger partial charge in [0.2, 0.25) is 0 Å². The van der Waals surface area contributed by atoms with Gasteiger partial charge in [-0.1, -0.05) is 148 Å². The van der Waals surface area contributed by atoms with Gasteiger partial charge in [-0.25, -0.2) is 0 Å². The third kappa shape index (κ3) is 16.7. The van der Waals surface area contributed by atoms with E-state index in [-0.39, 0.29) is 0 Å². The minimum Gasteiger partial charge on any atom is -0.398 e. The molecule has 0 amide bonds. The summed E-state index contributed by atoms with van der Waals surface area (Å²) >= 11 is 3.80. The predicted molar refractivity (Wildman–Crippen MR) is 217 cm³/mol. The van der Waals surface area contributed by atoms with E-state index >= 15 is 0 Å². The second-order valence-corrected chi connectivity index (χ2v) is 15.9. The summed E-state index contributed by atoms with van der Waals surface area (Å²) in [4.78, 5) is 5.38. The predicted octanol–water partition coefficient (Wildman–Crippen LogP) is 14.4. The van der Waals surface area contributed by atoms with Gasteiger partial charge in [0.15, 0.2) is 0 Å². The Morgan fingerprint density at radius 3 is 1.85 bits per heavy atom. The zero-order chi connectivity index (χ0) is 35.1. The van der Waals surface area contributed by atoms with Crippen molar-refractivity contribution >= 4 is 23.5 Å². The van der Waals surface area contributed by atoms with E-state index < -0.39 is 0 Å². The Kier molecular flexibility index (Phi) is 25.9. The maximum Gasteiger partial charge on any atom is 0.0440 e. The molecular weight excluding hydrogens is 597 g/mol. The van der Waals surface area contributed by atoms with Gasteiger partial charge >= 0.3 is 0 Å². The van der Waals surface area contributed by atoms with Crippen LogP contribution in [-0.4, -0.2) is 6.54 Å². The Bertz CT molecular complexity index is 999. The van der Waals surface area contributed by atoms with Crippen molar-refractivity contribution in [3.63, 3.8) is 0 Å². The molecule has 4 heteroatoms. The number of nitrogens with one attached hydrogen (secondary N) is 1. The van der Waals surface area contributed by atoms with E-state index in [1.165, 1.54) is 102 Å². The minimum absolute atomic E-state index is 0.427. The molecule has 0 heterocycles. The van der Waals surface area contributed by atoms with Crippen molar-refractivity contribution < 1.29 is 0 Å². The van der Waals surface area contributed by atoms with E-state index in [2.05, 4.69) is 101 Å². The molecule has 4 unspecified atom stereocenters. The van der Waals surface area contributed by atoms with Crippen LogP contribution in [0.25, 0.3) is 0 Å². The van der Waals surface area contributed by atoms with E-state index in [1.807, 2.05) is 29.6 Å². The van der Waals surface area contributed by atoms with Crippen LogP contribution in [0, 0.1) is 23.7 Å². The highest BCUT2D eigenvalue weighted by Gasteiger charge is 2.24. The van der Waals surface area contributed by atoms with Crippen LogP contribution >= 0.6 is 23.5 Å². The molecule has 4 atom stereocenters. The highest BCUT2D eigenvalue weighted by Crippen LogP contribution is 2.42. The van der Waals surface area contributed by atoms with Gasteiger partial charge in [0.1, 0.15) is 0 Å². The molecule has 0 aliphatic rings. The monoisotopic (exact) mass is 673 g/mol. The Morgan fingerprint density at radius 2 is 1.37 bits per heavy atom. The Morgan fingerprint density at radius 1 is 0.804 bits per heavy atom. The van der Waals surface area contributed by atoms with Crippen LogP contribution in [-0.2, 0) is 0 Å². The van der Waals surface area contributed by atoms with Gasteiger partial charge in [-0.15, -0.1) is 0 Å². The van der Waals surface area contributed by atoms with Crippen molar-refractivity contribution in [2.75, 3.05) is 6.54 Å². The highest BCUT2D eigenvalue weighted by atomic mass is 32.2. The van der Waals surface area contributed by atoms with Crippen LogP contribution in [0.5, 0.6) is 0 Å². The summed E-state index contributed by atoms with van der Waals surface area (Å²) in [7, 11) is 0. The molecule has 0 aromatic carbocycles. The second kappa shape index (κ2) is 26.7. The van der Waals surface area contributed by atoms with Gasteiger partial charge < -0.3 is 11.1 Å². The van der Waals surface area contributed by atoms with E-state index in [4.69, 9.17) is 5.73 Å². The zero-order valence-electron chi connectivity index (χ0n) is 32.4. The molecule has 46 heavy (non-hydrogen) atoms. The number of rotatable bonds is 27. The van der Waals surface area contributed by atoms with Gasteiger partial charge in [-0.05, 0) is 111 Å². The lowest BCUT2D eigenvalue weighted by molar-refractivity contribution is 0.408. The first-order valence-corrected chi connectivity index (χ1v) is 20.6. The fourth-order valence-electron chi connectivity index (χ4n) is 6.48. The lowest BCUT2D eigenvalue weighted by Crippen LogP contribution is -2.17. The van der Waals surface area contributed by atoms with Crippen molar-refractivity contribution in [1.29, 1.82) is 0 Å². The highest BCUT2D eigenvalue weighted by molar-refractivity contribution is 8.07. The molecule has 0 radical (unpaired) electrons. The molecule has 0 saturated heterocycles. The third-order valence-corrected chi connectivity index (χ3v) is 12.8. The van der Waals surface area contributed by atoms with Crippen LogP contribution < -0.4 is 11.1 Å². The van der Waals surface area contributed by atoms with E-state index in [0.717, 1.165) is 48.9 Å². The Labute approximate surface area is 297 Å². The molecule has 0 aromatic heterocycles. The second-order valence-electron chi connectivity index (χ2n) is 13.3. The first-order valence-electron chi connectivity index (χ1n) is 18.9.